The summed E-state index contributed by atoms with van der Waals surface area (Å²) in [5, 5.41) is 8.74. The number of hydrogen-bond donors (Lipinski definition) is 1. The van der Waals surface area contributed by atoms with E-state index in [4.69, 9.17) is 5.11 Å². The quantitative estimate of drug-likeness (QED) is 0.847. The lowest BCUT2D eigenvalue weighted by molar-refractivity contribution is -0.131. The number of carbonyl (C=O) groups is 1. The largest absolute Gasteiger partial charge is 0.478 e. The van der Waals surface area contributed by atoms with Gasteiger partial charge in [-0.2, -0.15) is 0 Å². The monoisotopic (exact) mass is 292 g/mol. The molecule has 1 fully saturated rings. The van der Waals surface area contributed by atoms with Gasteiger partial charge < -0.3 is 10.0 Å². The number of benzene rings is 1. The number of piperazine rings is 1. The summed E-state index contributed by atoms with van der Waals surface area (Å²) in [6.45, 7) is 6.55. The zero-order valence-corrected chi connectivity index (χ0v) is 12.3. The van der Waals surface area contributed by atoms with Gasteiger partial charge in [0.2, 0.25) is 0 Å². The predicted octanol–water partition coefficient (Wildman–Crippen LogP) is 2.46. The van der Waals surface area contributed by atoms with Gasteiger partial charge in [-0.25, -0.2) is 9.18 Å². The summed E-state index contributed by atoms with van der Waals surface area (Å²) < 4.78 is 14.2. The smallest absolute Gasteiger partial charge is 0.328 e. The molecular weight excluding hydrogens is 271 g/mol. The Morgan fingerprint density at radius 2 is 2.05 bits per heavy atom. The average Bonchev–Trinajstić information content (AvgIpc) is 2.46. The van der Waals surface area contributed by atoms with Crippen LogP contribution in [0.1, 0.15) is 18.9 Å². The van der Waals surface area contributed by atoms with Gasteiger partial charge in [0.25, 0.3) is 0 Å². The minimum absolute atomic E-state index is 0.300. The molecule has 1 heterocycles. The minimum Gasteiger partial charge on any atom is -0.478 e. The zero-order chi connectivity index (χ0) is 15.2. The number of carboxylic acids is 1. The van der Waals surface area contributed by atoms with E-state index < -0.39 is 5.97 Å². The third-order valence-corrected chi connectivity index (χ3v) is 3.65. The molecule has 0 saturated carbocycles. The van der Waals surface area contributed by atoms with Crippen molar-refractivity contribution in [3.05, 3.63) is 35.7 Å². The van der Waals surface area contributed by atoms with Crippen LogP contribution in [-0.2, 0) is 4.79 Å². The Hall–Kier alpha value is -1.88. The fourth-order valence-electron chi connectivity index (χ4n) is 2.67. The van der Waals surface area contributed by atoms with Gasteiger partial charge in [-0.3, -0.25) is 4.90 Å². The van der Waals surface area contributed by atoms with Crippen molar-refractivity contribution in [2.75, 3.05) is 37.6 Å². The highest BCUT2D eigenvalue weighted by Gasteiger charge is 2.20. The number of aliphatic carboxylic acids is 1. The maximum Gasteiger partial charge on any atom is 0.328 e. The number of hydrogen-bond acceptors (Lipinski definition) is 3. The summed E-state index contributed by atoms with van der Waals surface area (Å²) in [4.78, 5) is 15.0. The van der Waals surface area contributed by atoms with Crippen molar-refractivity contribution in [2.45, 2.75) is 13.3 Å². The number of halogens is 1. The molecule has 1 saturated heterocycles. The molecule has 0 aromatic heterocycles. The van der Waals surface area contributed by atoms with Crippen molar-refractivity contribution in [3.8, 4) is 0 Å². The fourth-order valence-corrected chi connectivity index (χ4v) is 2.67. The molecule has 0 spiro atoms. The fraction of sp³-hybridized carbons (Fsp3) is 0.438. The van der Waals surface area contributed by atoms with Gasteiger partial charge in [0.1, 0.15) is 5.82 Å². The molecule has 1 aromatic rings. The van der Waals surface area contributed by atoms with Gasteiger partial charge in [-0.15, -0.1) is 0 Å². The highest BCUT2D eigenvalue weighted by atomic mass is 19.1. The van der Waals surface area contributed by atoms with Gasteiger partial charge >= 0.3 is 5.97 Å². The first-order valence-electron chi connectivity index (χ1n) is 7.28. The molecule has 0 bridgehead atoms. The van der Waals surface area contributed by atoms with E-state index in [1.54, 1.807) is 12.1 Å². The first-order chi connectivity index (χ1) is 10.1. The second-order valence-corrected chi connectivity index (χ2v) is 5.18. The molecule has 1 aromatic carbocycles. The van der Waals surface area contributed by atoms with E-state index >= 15 is 0 Å². The van der Waals surface area contributed by atoms with Crippen LogP contribution in [0.5, 0.6) is 0 Å². The summed E-state index contributed by atoms with van der Waals surface area (Å²) in [6, 6.07) is 4.77. The topological polar surface area (TPSA) is 43.8 Å². The third kappa shape index (κ3) is 4.04. The first kappa shape index (κ1) is 15.5. The highest BCUT2D eigenvalue weighted by Crippen LogP contribution is 2.26. The lowest BCUT2D eigenvalue weighted by Gasteiger charge is -2.36. The molecule has 1 N–H and O–H groups in total. The van der Waals surface area contributed by atoms with Crippen LogP contribution in [0.4, 0.5) is 10.1 Å². The van der Waals surface area contributed by atoms with Crippen LogP contribution in [0, 0.1) is 5.82 Å². The van der Waals surface area contributed by atoms with Gasteiger partial charge in [-0.1, -0.05) is 19.1 Å². The number of rotatable bonds is 5. The molecule has 2 rings (SSSR count). The van der Waals surface area contributed by atoms with Crippen LogP contribution in [0.15, 0.2) is 24.3 Å². The number of para-hydroxylation sites is 1. The Balaban J connectivity index is 2.17. The summed E-state index contributed by atoms with van der Waals surface area (Å²) in [5.74, 6) is -1.33. The Kier molecular flexibility index (Phi) is 5.33. The summed E-state index contributed by atoms with van der Waals surface area (Å²) in [5.41, 5.74) is 1.12. The molecule has 0 unspecified atom stereocenters. The maximum atomic E-state index is 14.2. The van der Waals surface area contributed by atoms with Crippen LogP contribution in [0.3, 0.4) is 0 Å². The molecule has 1 aliphatic heterocycles. The third-order valence-electron chi connectivity index (χ3n) is 3.65. The van der Waals surface area contributed by atoms with Crippen molar-refractivity contribution in [1.82, 2.24) is 4.90 Å². The van der Waals surface area contributed by atoms with Crippen LogP contribution < -0.4 is 4.90 Å². The lowest BCUT2D eigenvalue weighted by atomic mass is 10.1. The van der Waals surface area contributed by atoms with E-state index in [2.05, 4.69) is 11.8 Å². The second-order valence-electron chi connectivity index (χ2n) is 5.18. The average molecular weight is 292 g/mol. The van der Waals surface area contributed by atoms with Crippen molar-refractivity contribution in [1.29, 1.82) is 0 Å². The summed E-state index contributed by atoms with van der Waals surface area (Å²) >= 11 is 0. The SMILES string of the molecule is CCCN1CCN(c2c(F)cccc2/C=C/C(=O)O)CC1. The molecule has 1 aliphatic rings. The van der Waals surface area contributed by atoms with Crippen LogP contribution in [0.25, 0.3) is 6.08 Å². The lowest BCUT2D eigenvalue weighted by Crippen LogP contribution is -2.47. The van der Waals surface area contributed by atoms with Gasteiger partial charge in [0, 0.05) is 37.8 Å². The zero-order valence-electron chi connectivity index (χ0n) is 12.3. The van der Waals surface area contributed by atoms with Gasteiger partial charge in [0.05, 0.1) is 5.69 Å². The van der Waals surface area contributed by atoms with Crippen molar-refractivity contribution in [2.24, 2.45) is 0 Å². The van der Waals surface area contributed by atoms with E-state index in [-0.39, 0.29) is 5.82 Å². The molecular formula is C16H21FN2O2. The molecule has 0 aliphatic carbocycles. The van der Waals surface area contributed by atoms with Crippen LogP contribution >= 0.6 is 0 Å². The van der Waals surface area contributed by atoms with E-state index in [1.165, 1.54) is 12.1 Å². The van der Waals surface area contributed by atoms with Gasteiger partial charge in [0.15, 0.2) is 0 Å². The number of carboxylic acid groups (broad SMARTS) is 1. The first-order valence-corrected chi connectivity index (χ1v) is 7.28. The van der Waals surface area contributed by atoms with Crippen LogP contribution in [-0.4, -0.2) is 48.7 Å². The molecule has 5 heteroatoms. The maximum absolute atomic E-state index is 14.2. The normalized spacial score (nSPS) is 16.6. The minimum atomic E-state index is -1.03. The number of anilines is 1. The van der Waals surface area contributed by atoms with Crippen LogP contribution in [0.2, 0.25) is 0 Å². The molecule has 4 nitrogen and oxygen atoms in total. The molecule has 21 heavy (non-hydrogen) atoms. The Morgan fingerprint density at radius 1 is 1.33 bits per heavy atom. The number of nitrogens with zero attached hydrogens (tertiary/aromatic N) is 2. The standard InChI is InChI=1S/C16H21FN2O2/c1-2-8-18-9-11-19(12-10-18)16-13(6-7-15(20)21)4-3-5-14(16)17/h3-7H,2,8-12H2,1H3,(H,20,21)/b7-6+. The molecule has 0 radical (unpaired) electrons. The van der Waals surface area contributed by atoms with E-state index in [0.717, 1.165) is 45.2 Å². The Bertz CT molecular complexity index is 523. The van der Waals surface area contributed by atoms with E-state index in [1.807, 2.05) is 4.90 Å². The van der Waals surface area contributed by atoms with Crippen molar-refractivity contribution in [3.63, 3.8) is 0 Å². The summed E-state index contributed by atoms with van der Waals surface area (Å²) in [6.07, 6.45) is 3.62. The van der Waals surface area contributed by atoms with E-state index in [9.17, 15) is 9.18 Å². The molecule has 0 amide bonds. The molecule has 0 atom stereocenters. The molecule has 114 valence electrons. The van der Waals surface area contributed by atoms with Crippen molar-refractivity contribution < 1.29 is 14.3 Å². The Morgan fingerprint density at radius 3 is 2.67 bits per heavy atom. The summed E-state index contributed by atoms with van der Waals surface area (Å²) in [7, 11) is 0. The van der Waals surface area contributed by atoms with Gasteiger partial charge in [-0.05, 0) is 25.1 Å². The van der Waals surface area contributed by atoms with Crippen molar-refractivity contribution >= 4 is 17.7 Å². The van der Waals surface area contributed by atoms with E-state index in [0.29, 0.717) is 11.3 Å². The predicted molar refractivity (Wildman–Crippen MR) is 82.0 cm³/mol. The highest BCUT2D eigenvalue weighted by molar-refractivity contribution is 5.87. The second kappa shape index (κ2) is 7.22. The Labute approximate surface area is 124 Å².